The summed E-state index contributed by atoms with van der Waals surface area (Å²) in [5.41, 5.74) is 3.46. The zero-order valence-corrected chi connectivity index (χ0v) is 12.2. The van der Waals surface area contributed by atoms with E-state index in [2.05, 4.69) is 25.7 Å². The fourth-order valence-electron chi connectivity index (χ4n) is 1.84. The van der Waals surface area contributed by atoms with Gasteiger partial charge in [-0.05, 0) is 20.8 Å². The fraction of sp³-hybridized carbons (Fsp3) is 0.462. The second kappa shape index (κ2) is 5.87. The number of nitrogens with two attached hydrogens (primary N) is 1. The molecule has 7 heteroatoms. The predicted octanol–water partition coefficient (Wildman–Crippen LogP) is 2.10. The van der Waals surface area contributed by atoms with Gasteiger partial charge in [0.25, 0.3) is 0 Å². The van der Waals surface area contributed by atoms with Crippen molar-refractivity contribution < 1.29 is 4.42 Å². The molecule has 0 saturated carbocycles. The number of oxazole rings is 1. The first-order valence-electron chi connectivity index (χ1n) is 6.58. The summed E-state index contributed by atoms with van der Waals surface area (Å²) in [4.78, 5) is 13.0. The molecule has 2 rings (SSSR count). The third-order valence-electron chi connectivity index (χ3n) is 3.01. The zero-order valence-electron chi connectivity index (χ0n) is 12.2. The Balaban J connectivity index is 2.28. The largest absolute Gasteiger partial charge is 0.444 e. The summed E-state index contributed by atoms with van der Waals surface area (Å²) in [6.45, 7) is 7.74. The summed E-state index contributed by atoms with van der Waals surface area (Å²) in [5, 5.41) is 3.29. The van der Waals surface area contributed by atoms with E-state index in [1.54, 1.807) is 6.20 Å². The predicted molar refractivity (Wildman–Crippen MR) is 77.2 cm³/mol. The molecule has 1 atom stereocenters. The molecular formula is C13H20N6O. The topological polar surface area (TPSA) is 102 Å². The van der Waals surface area contributed by atoms with E-state index in [0.29, 0.717) is 11.7 Å². The highest BCUT2D eigenvalue weighted by Crippen LogP contribution is 2.24. The molecule has 108 valence electrons. The van der Waals surface area contributed by atoms with Gasteiger partial charge in [-0.1, -0.05) is 6.92 Å². The van der Waals surface area contributed by atoms with E-state index >= 15 is 0 Å². The van der Waals surface area contributed by atoms with Crippen LogP contribution in [0.2, 0.25) is 0 Å². The Hall–Kier alpha value is -2.15. The summed E-state index contributed by atoms with van der Waals surface area (Å²) in [6, 6.07) is -0.0902. The molecule has 4 N–H and O–H groups in total. The van der Waals surface area contributed by atoms with E-state index in [1.807, 2.05) is 27.7 Å². The molecule has 2 aromatic rings. The van der Waals surface area contributed by atoms with Gasteiger partial charge in [0, 0.05) is 12.0 Å². The lowest BCUT2D eigenvalue weighted by Crippen LogP contribution is -2.16. The van der Waals surface area contributed by atoms with Crippen molar-refractivity contribution in [1.82, 2.24) is 15.0 Å². The third kappa shape index (κ3) is 2.88. The third-order valence-corrected chi connectivity index (χ3v) is 3.01. The van der Waals surface area contributed by atoms with Crippen molar-refractivity contribution in [1.29, 1.82) is 0 Å². The number of hydrazine groups is 1. The number of anilines is 2. The number of aryl methyl sites for hydroxylation is 2. The minimum absolute atomic E-state index is 0.0902. The molecule has 7 nitrogen and oxygen atoms in total. The molecular weight excluding hydrogens is 256 g/mol. The van der Waals surface area contributed by atoms with E-state index in [-0.39, 0.29) is 6.04 Å². The average Bonchev–Trinajstić information content (AvgIpc) is 2.87. The highest BCUT2D eigenvalue weighted by atomic mass is 16.4. The molecule has 0 spiro atoms. The Bertz CT molecular complexity index is 595. The Morgan fingerprint density at radius 3 is 2.55 bits per heavy atom. The van der Waals surface area contributed by atoms with Crippen LogP contribution >= 0.6 is 0 Å². The Morgan fingerprint density at radius 2 is 2.00 bits per heavy atom. The van der Waals surface area contributed by atoms with E-state index in [9.17, 15) is 0 Å². The molecule has 0 fully saturated rings. The van der Waals surface area contributed by atoms with Crippen molar-refractivity contribution in [3.05, 3.63) is 29.2 Å². The highest BCUT2D eigenvalue weighted by Gasteiger charge is 2.15. The van der Waals surface area contributed by atoms with Crippen LogP contribution in [0.15, 0.2) is 10.6 Å². The van der Waals surface area contributed by atoms with Crippen molar-refractivity contribution in [2.24, 2.45) is 5.84 Å². The molecule has 0 aliphatic heterocycles. The van der Waals surface area contributed by atoms with Crippen LogP contribution in [0.3, 0.4) is 0 Å². The van der Waals surface area contributed by atoms with Gasteiger partial charge >= 0.3 is 0 Å². The molecule has 0 aliphatic carbocycles. The molecule has 0 bridgehead atoms. The van der Waals surface area contributed by atoms with Crippen molar-refractivity contribution in [3.63, 3.8) is 0 Å². The molecule has 0 saturated heterocycles. The highest BCUT2D eigenvalue weighted by molar-refractivity contribution is 5.57. The number of nitrogen functional groups attached to an aromatic ring is 1. The van der Waals surface area contributed by atoms with Crippen LogP contribution < -0.4 is 16.6 Å². The number of nitrogens with zero attached hydrogens (tertiary/aromatic N) is 3. The van der Waals surface area contributed by atoms with Crippen LogP contribution in [0.1, 0.15) is 42.9 Å². The van der Waals surface area contributed by atoms with Gasteiger partial charge in [-0.15, -0.1) is 0 Å². The first kappa shape index (κ1) is 14.3. The average molecular weight is 276 g/mol. The van der Waals surface area contributed by atoms with Gasteiger partial charge in [0.15, 0.2) is 0 Å². The maximum atomic E-state index is 5.51. The molecule has 0 amide bonds. The second-order valence-electron chi connectivity index (χ2n) is 4.64. The Kier molecular flexibility index (Phi) is 4.19. The maximum Gasteiger partial charge on any atom is 0.216 e. The summed E-state index contributed by atoms with van der Waals surface area (Å²) in [6.07, 6.45) is 2.43. The van der Waals surface area contributed by atoms with E-state index in [1.165, 1.54) is 0 Å². The first-order valence-corrected chi connectivity index (χ1v) is 6.58. The van der Waals surface area contributed by atoms with Crippen LogP contribution in [0.4, 0.5) is 11.6 Å². The van der Waals surface area contributed by atoms with Crippen molar-refractivity contribution in [2.45, 2.75) is 40.2 Å². The molecule has 0 aromatic carbocycles. The Labute approximate surface area is 118 Å². The van der Waals surface area contributed by atoms with Crippen LogP contribution in [0, 0.1) is 13.8 Å². The molecule has 0 radical (unpaired) electrons. The summed E-state index contributed by atoms with van der Waals surface area (Å²) in [5.74, 6) is 8.97. The number of rotatable bonds is 5. The summed E-state index contributed by atoms with van der Waals surface area (Å²) in [7, 11) is 0. The fourth-order valence-corrected chi connectivity index (χ4v) is 1.84. The maximum absolute atomic E-state index is 5.51. The molecule has 2 aromatic heterocycles. The minimum atomic E-state index is -0.0902. The monoisotopic (exact) mass is 276 g/mol. The Morgan fingerprint density at radius 1 is 1.30 bits per heavy atom. The number of hydrogen-bond donors (Lipinski definition) is 3. The SMILES string of the molecule is CCc1nc(NN)c(C)c(NC(C)c2ncc(C)o2)n1. The van der Waals surface area contributed by atoms with Crippen LogP contribution in [-0.2, 0) is 6.42 Å². The van der Waals surface area contributed by atoms with Gasteiger partial charge in [-0.25, -0.2) is 20.8 Å². The number of aromatic nitrogens is 3. The lowest BCUT2D eigenvalue weighted by molar-refractivity contribution is 0.453. The van der Waals surface area contributed by atoms with Gasteiger partial charge in [-0.3, -0.25) is 0 Å². The van der Waals surface area contributed by atoms with Gasteiger partial charge in [0.2, 0.25) is 5.89 Å². The summed E-state index contributed by atoms with van der Waals surface area (Å²) >= 11 is 0. The van der Waals surface area contributed by atoms with Crippen LogP contribution in [0.25, 0.3) is 0 Å². The van der Waals surface area contributed by atoms with E-state index in [0.717, 1.165) is 29.4 Å². The van der Waals surface area contributed by atoms with Crippen molar-refractivity contribution in [2.75, 3.05) is 10.7 Å². The molecule has 20 heavy (non-hydrogen) atoms. The van der Waals surface area contributed by atoms with Gasteiger partial charge in [0.1, 0.15) is 29.3 Å². The molecule has 1 unspecified atom stereocenters. The lowest BCUT2D eigenvalue weighted by Gasteiger charge is -2.16. The zero-order chi connectivity index (χ0) is 14.7. The van der Waals surface area contributed by atoms with Crippen LogP contribution in [-0.4, -0.2) is 15.0 Å². The molecule has 0 aliphatic rings. The van der Waals surface area contributed by atoms with Crippen molar-refractivity contribution >= 4 is 11.6 Å². The van der Waals surface area contributed by atoms with Crippen LogP contribution in [0.5, 0.6) is 0 Å². The number of hydrogen-bond acceptors (Lipinski definition) is 7. The van der Waals surface area contributed by atoms with Gasteiger partial charge in [0.05, 0.1) is 6.20 Å². The lowest BCUT2D eigenvalue weighted by atomic mass is 10.2. The standard InChI is InChI=1S/C13H20N6O/c1-5-10-17-11(8(3)12(18-10)19-14)16-9(4)13-15-6-7(2)20-13/h6,9H,5,14H2,1-4H3,(H2,16,17,18,19). The quantitative estimate of drug-likeness (QED) is 0.567. The van der Waals surface area contributed by atoms with Gasteiger partial charge in [-0.2, -0.15) is 0 Å². The normalized spacial score (nSPS) is 12.2. The van der Waals surface area contributed by atoms with Gasteiger partial charge < -0.3 is 15.2 Å². The van der Waals surface area contributed by atoms with E-state index in [4.69, 9.17) is 10.3 Å². The smallest absolute Gasteiger partial charge is 0.216 e. The van der Waals surface area contributed by atoms with E-state index < -0.39 is 0 Å². The summed E-state index contributed by atoms with van der Waals surface area (Å²) < 4.78 is 5.51. The second-order valence-corrected chi connectivity index (χ2v) is 4.64. The number of nitrogens with one attached hydrogen (secondary N) is 2. The van der Waals surface area contributed by atoms with Crippen molar-refractivity contribution in [3.8, 4) is 0 Å². The molecule has 2 heterocycles. The first-order chi connectivity index (χ1) is 9.55. The minimum Gasteiger partial charge on any atom is -0.444 e.